The van der Waals surface area contributed by atoms with Crippen LogP contribution in [-0.2, 0) is 14.9 Å². The first kappa shape index (κ1) is 21.2. The number of anilines is 3. The maximum absolute atomic E-state index is 13.1. The summed E-state index contributed by atoms with van der Waals surface area (Å²) in [6.45, 7) is 4.76. The zero-order chi connectivity index (χ0) is 23.3. The second kappa shape index (κ2) is 8.18. The first-order valence-electron chi connectivity index (χ1n) is 11.5. The van der Waals surface area contributed by atoms with E-state index < -0.39 is 0 Å². The molecule has 3 aromatic rings. The number of rotatable bonds is 4. The molecule has 9 heteroatoms. The maximum Gasteiger partial charge on any atom is 0.254 e. The van der Waals surface area contributed by atoms with Crippen LogP contribution in [0.25, 0.3) is 10.4 Å². The van der Waals surface area contributed by atoms with E-state index in [1.165, 1.54) is 23.8 Å². The summed E-state index contributed by atoms with van der Waals surface area (Å²) in [6.07, 6.45) is 5.94. The van der Waals surface area contributed by atoms with Gasteiger partial charge in [-0.25, -0.2) is 9.97 Å². The Morgan fingerprint density at radius 1 is 1.09 bits per heavy atom. The van der Waals surface area contributed by atoms with Gasteiger partial charge in [0, 0.05) is 66.1 Å². The van der Waals surface area contributed by atoms with Gasteiger partial charge in [-0.05, 0) is 42.7 Å². The molecule has 1 N–H and O–H groups in total. The van der Waals surface area contributed by atoms with Gasteiger partial charge in [0.05, 0.1) is 18.2 Å². The van der Waals surface area contributed by atoms with Crippen molar-refractivity contribution in [3.05, 3.63) is 53.9 Å². The number of nitrogens with zero attached hydrogens (tertiary/aromatic N) is 4. The highest BCUT2D eigenvalue weighted by Crippen LogP contribution is 2.57. The minimum absolute atomic E-state index is 0.0479. The lowest BCUT2D eigenvalue weighted by Crippen LogP contribution is -2.40. The molecule has 2 amide bonds. The number of carbonyl (C=O) groups excluding carboxylic acids is 2. The summed E-state index contributed by atoms with van der Waals surface area (Å²) in [6, 6.07) is 9.95. The Morgan fingerprint density at radius 2 is 1.85 bits per heavy atom. The molecule has 1 aliphatic carbocycles. The van der Waals surface area contributed by atoms with Crippen molar-refractivity contribution in [2.24, 2.45) is 0 Å². The number of morpholine rings is 1. The largest absolute Gasteiger partial charge is 0.378 e. The van der Waals surface area contributed by atoms with Crippen LogP contribution in [0.1, 0.15) is 35.7 Å². The van der Waals surface area contributed by atoms with E-state index in [1.54, 1.807) is 0 Å². The van der Waals surface area contributed by atoms with Crippen LogP contribution in [0, 0.1) is 0 Å². The number of carbonyl (C=O) groups is 2. The number of amides is 2. The number of benzene rings is 1. The van der Waals surface area contributed by atoms with Crippen LogP contribution in [0.15, 0.2) is 42.7 Å². The van der Waals surface area contributed by atoms with Crippen molar-refractivity contribution < 1.29 is 14.3 Å². The van der Waals surface area contributed by atoms with Crippen molar-refractivity contribution in [2.75, 3.05) is 43.1 Å². The first-order chi connectivity index (χ1) is 16.5. The lowest BCUT2D eigenvalue weighted by molar-refractivity contribution is -0.114. The smallest absolute Gasteiger partial charge is 0.254 e. The molecule has 0 bridgehead atoms. The summed E-state index contributed by atoms with van der Waals surface area (Å²) in [5.41, 5.74) is 4.08. The topological polar surface area (TPSA) is 87.7 Å². The fourth-order valence-corrected chi connectivity index (χ4v) is 5.76. The molecule has 0 radical (unpaired) electrons. The van der Waals surface area contributed by atoms with E-state index in [1.807, 2.05) is 41.6 Å². The van der Waals surface area contributed by atoms with Gasteiger partial charge < -0.3 is 19.9 Å². The predicted octanol–water partition coefficient (Wildman–Crippen LogP) is 3.82. The highest BCUT2D eigenvalue weighted by atomic mass is 32.1. The van der Waals surface area contributed by atoms with Crippen molar-refractivity contribution in [3.8, 4) is 10.4 Å². The quantitative estimate of drug-likeness (QED) is 0.617. The van der Waals surface area contributed by atoms with Gasteiger partial charge in [-0.3, -0.25) is 9.59 Å². The molecule has 1 saturated heterocycles. The molecule has 34 heavy (non-hydrogen) atoms. The Balaban J connectivity index is 1.28. The molecule has 1 spiro atoms. The van der Waals surface area contributed by atoms with E-state index in [-0.39, 0.29) is 17.2 Å². The van der Waals surface area contributed by atoms with Crippen LogP contribution in [0.5, 0.6) is 0 Å². The van der Waals surface area contributed by atoms with Gasteiger partial charge >= 0.3 is 0 Å². The van der Waals surface area contributed by atoms with Crippen LogP contribution < -0.4 is 10.2 Å². The number of hydrogen-bond acceptors (Lipinski definition) is 7. The lowest BCUT2D eigenvalue weighted by Gasteiger charge is -2.27. The van der Waals surface area contributed by atoms with Gasteiger partial charge in [-0.1, -0.05) is 6.07 Å². The molecule has 2 aliphatic heterocycles. The fraction of sp³-hybridized carbons (Fsp3) is 0.360. The van der Waals surface area contributed by atoms with Gasteiger partial charge in [0.15, 0.2) is 0 Å². The molecule has 174 valence electrons. The zero-order valence-corrected chi connectivity index (χ0v) is 19.7. The fourth-order valence-electron chi connectivity index (χ4n) is 4.84. The van der Waals surface area contributed by atoms with E-state index in [4.69, 9.17) is 4.74 Å². The van der Waals surface area contributed by atoms with Crippen molar-refractivity contribution in [3.63, 3.8) is 0 Å². The third kappa shape index (κ3) is 3.74. The van der Waals surface area contributed by atoms with Gasteiger partial charge in [-0.15, -0.1) is 11.3 Å². The Hall–Kier alpha value is -3.30. The van der Waals surface area contributed by atoms with E-state index in [9.17, 15) is 9.59 Å². The number of aromatic nitrogens is 2. The molecular formula is C25H25N5O3S. The van der Waals surface area contributed by atoms with Crippen LogP contribution in [0.3, 0.4) is 0 Å². The molecule has 1 saturated carbocycles. The van der Waals surface area contributed by atoms with E-state index in [0.29, 0.717) is 37.8 Å². The van der Waals surface area contributed by atoms with Crippen molar-refractivity contribution >= 4 is 39.8 Å². The van der Waals surface area contributed by atoms with Crippen molar-refractivity contribution in [1.82, 2.24) is 14.9 Å². The normalized spacial score (nSPS) is 18.1. The highest BCUT2D eigenvalue weighted by Gasteiger charge is 2.52. The predicted molar refractivity (Wildman–Crippen MR) is 131 cm³/mol. The summed E-state index contributed by atoms with van der Waals surface area (Å²) < 4.78 is 5.39. The molecule has 1 aromatic carbocycles. The molecule has 2 aromatic heterocycles. The number of fused-ring (bicyclic) bond motifs is 2. The van der Waals surface area contributed by atoms with Crippen LogP contribution in [0.4, 0.5) is 16.6 Å². The molecule has 2 fully saturated rings. The average Bonchev–Trinajstić information content (AvgIpc) is 3.38. The second-order valence-corrected chi connectivity index (χ2v) is 10.2. The highest BCUT2D eigenvalue weighted by molar-refractivity contribution is 7.19. The Morgan fingerprint density at radius 3 is 2.56 bits per heavy atom. The summed E-state index contributed by atoms with van der Waals surface area (Å²) in [7, 11) is 0. The zero-order valence-electron chi connectivity index (χ0n) is 18.9. The molecule has 8 nitrogen and oxygen atoms in total. The molecule has 4 heterocycles. The van der Waals surface area contributed by atoms with Crippen molar-refractivity contribution in [2.45, 2.75) is 25.2 Å². The molecular weight excluding hydrogens is 450 g/mol. The van der Waals surface area contributed by atoms with Crippen molar-refractivity contribution in [1.29, 1.82) is 0 Å². The average molecular weight is 476 g/mol. The van der Waals surface area contributed by atoms with Gasteiger partial charge in [-0.2, -0.15) is 0 Å². The van der Waals surface area contributed by atoms with Gasteiger partial charge in [0.25, 0.3) is 5.91 Å². The third-order valence-corrected chi connectivity index (χ3v) is 7.84. The summed E-state index contributed by atoms with van der Waals surface area (Å²) in [5, 5.41) is 3.61. The van der Waals surface area contributed by atoms with Crippen LogP contribution in [0.2, 0.25) is 0 Å². The summed E-state index contributed by atoms with van der Waals surface area (Å²) >= 11 is 1.49. The number of hydrogen-bond donors (Lipinski definition) is 1. The molecule has 6 rings (SSSR count). The Labute approximate surface area is 201 Å². The Kier molecular flexibility index (Phi) is 5.11. The SMILES string of the molecule is CC(=O)Nc1ccc(-c2cnc(N3CC4(CC4)c4ccc(C(=O)N5CCOCC5)cc43)nc2)s1. The van der Waals surface area contributed by atoms with Gasteiger partial charge in [0.2, 0.25) is 11.9 Å². The Bertz CT molecular complexity index is 1260. The van der Waals surface area contributed by atoms with E-state index in [2.05, 4.69) is 26.3 Å². The third-order valence-electron chi connectivity index (χ3n) is 6.79. The molecule has 0 unspecified atom stereocenters. The second-order valence-electron chi connectivity index (χ2n) is 9.12. The minimum Gasteiger partial charge on any atom is -0.378 e. The maximum atomic E-state index is 13.1. The number of nitrogens with one attached hydrogen (secondary N) is 1. The number of thiophene rings is 1. The van der Waals surface area contributed by atoms with E-state index >= 15 is 0 Å². The molecule has 0 atom stereocenters. The summed E-state index contributed by atoms with van der Waals surface area (Å²) in [4.78, 5) is 38.8. The van der Waals surface area contributed by atoms with Gasteiger partial charge in [0.1, 0.15) is 0 Å². The van der Waals surface area contributed by atoms with Crippen LogP contribution in [-0.4, -0.2) is 59.5 Å². The van der Waals surface area contributed by atoms with Crippen LogP contribution >= 0.6 is 11.3 Å². The lowest BCUT2D eigenvalue weighted by atomic mass is 9.97. The summed E-state index contributed by atoms with van der Waals surface area (Å²) in [5.74, 6) is 0.600. The van der Waals surface area contributed by atoms with E-state index in [0.717, 1.165) is 40.5 Å². The number of ether oxygens (including phenoxy) is 1. The molecule has 3 aliphatic rings. The minimum atomic E-state index is -0.0897. The monoisotopic (exact) mass is 475 g/mol. The standard InChI is InChI=1S/C25H25N5O3S/c1-16(31)28-22-5-4-21(34-22)18-13-26-24(27-14-18)30-15-25(6-7-25)19-3-2-17(12-20(19)30)23(32)29-8-10-33-11-9-29/h2-5,12-14H,6-11,15H2,1H3,(H,28,31). The first-order valence-corrected chi connectivity index (χ1v) is 12.3.